The van der Waals surface area contributed by atoms with Crippen molar-refractivity contribution in [3.63, 3.8) is 0 Å². The molecule has 0 aromatic heterocycles. The Labute approximate surface area is 185 Å². The van der Waals surface area contributed by atoms with Crippen molar-refractivity contribution in [1.29, 1.82) is 0 Å². The number of allylic oxidation sites excluding steroid dienone is 2. The van der Waals surface area contributed by atoms with Crippen LogP contribution in [0.5, 0.6) is 0 Å². The summed E-state index contributed by atoms with van der Waals surface area (Å²) in [6.07, 6.45) is 5.98. The summed E-state index contributed by atoms with van der Waals surface area (Å²) in [5.41, 5.74) is 1.31. The largest absolute Gasteiger partial charge is 0.460 e. The zero-order chi connectivity index (χ0) is 22.4. The maximum absolute atomic E-state index is 12.3. The molecule has 2 aliphatic carbocycles. The number of ether oxygens (including phenoxy) is 1. The Hall–Kier alpha value is -1.55. The molecule has 0 aromatic rings. The minimum Gasteiger partial charge on any atom is -0.460 e. The summed E-state index contributed by atoms with van der Waals surface area (Å²) in [6.45, 7) is 8.67. The molecule has 2 aliphatic heterocycles. The molecule has 1 amide bonds. The fourth-order valence-corrected chi connectivity index (χ4v) is 7.27. The molecule has 4 fully saturated rings. The van der Waals surface area contributed by atoms with Crippen LogP contribution < -0.4 is 5.32 Å². The topological polar surface area (TPSA) is 111 Å². The molecule has 7 atom stereocenters. The monoisotopic (exact) mass is 453 g/mol. The second kappa shape index (κ2) is 8.42. The molecule has 2 N–H and O–H groups in total. The van der Waals surface area contributed by atoms with Crippen LogP contribution in [0.3, 0.4) is 0 Å². The zero-order valence-electron chi connectivity index (χ0n) is 18.1. The minimum atomic E-state index is -1.68. The number of carbonyl (C=O) groups excluding carboxylic acids is 2. The first-order chi connectivity index (χ1) is 14.7. The lowest BCUT2D eigenvalue weighted by molar-refractivity contribution is -0.154. The smallest absolute Gasteiger partial charge is 0.336 e. The van der Waals surface area contributed by atoms with Crippen LogP contribution >= 0.6 is 0 Å². The minimum absolute atomic E-state index is 0.0600. The molecule has 0 bridgehead atoms. The van der Waals surface area contributed by atoms with E-state index < -0.39 is 35.9 Å². The van der Waals surface area contributed by atoms with Crippen LogP contribution in [0.25, 0.3) is 0 Å². The number of fused-ring (bicyclic) bond motifs is 3. The second-order valence-electron chi connectivity index (χ2n) is 9.68. The van der Waals surface area contributed by atoms with Crippen molar-refractivity contribution in [2.45, 2.75) is 58.1 Å². The first-order valence-electron chi connectivity index (χ1n) is 10.9. The van der Waals surface area contributed by atoms with Crippen LogP contribution in [0.2, 0.25) is 0 Å². The fourth-order valence-electron chi connectivity index (χ4n) is 6.36. The summed E-state index contributed by atoms with van der Waals surface area (Å²) in [4.78, 5) is 23.8. The van der Waals surface area contributed by atoms with Gasteiger partial charge in [-0.3, -0.25) is 13.2 Å². The van der Waals surface area contributed by atoms with Gasteiger partial charge in [0.2, 0.25) is 5.91 Å². The Kier molecular flexibility index (Phi) is 6.15. The van der Waals surface area contributed by atoms with Gasteiger partial charge < -0.3 is 15.2 Å². The van der Waals surface area contributed by atoms with Gasteiger partial charge in [0.15, 0.2) is 0 Å². The maximum Gasteiger partial charge on any atom is 0.336 e. The van der Waals surface area contributed by atoms with Crippen molar-refractivity contribution < 1.29 is 32.0 Å². The quantitative estimate of drug-likeness (QED) is 0.379. The van der Waals surface area contributed by atoms with E-state index in [0.717, 1.165) is 25.7 Å². The molecule has 31 heavy (non-hydrogen) atoms. The molecule has 0 radical (unpaired) electrons. The van der Waals surface area contributed by atoms with Gasteiger partial charge >= 0.3 is 17.3 Å². The lowest BCUT2D eigenvalue weighted by Crippen LogP contribution is -2.60. The third-order valence-electron chi connectivity index (χ3n) is 8.02. The molecule has 4 aliphatic rings. The van der Waals surface area contributed by atoms with Crippen LogP contribution in [0.15, 0.2) is 23.8 Å². The summed E-state index contributed by atoms with van der Waals surface area (Å²) in [5, 5.41) is 11.6. The number of esters is 1. The van der Waals surface area contributed by atoms with Crippen molar-refractivity contribution in [3.8, 4) is 0 Å². The normalized spacial score (nSPS) is 43.8. The van der Waals surface area contributed by atoms with E-state index in [1.54, 1.807) is 0 Å². The highest BCUT2D eigenvalue weighted by Gasteiger charge is 2.60. The van der Waals surface area contributed by atoms with Crippen LogP contribution in [0.1, 0.15) is 46.0 Å². The molecule has 8 nitrogen and oxygen atoms in total. The number of hydrogen-bond acceptors (Lipinski definition) is 7. The first kappa shape index (κ1) is 22.6. The fraction of sp³-hybridized carbons (Fsp3) is 0.727. The Morgan fingerprint density at radius 2 is 2.13 bits per heavy atom. The van der Waals surface area contributed by atoms with E-state index in [4.69, 9.17) is 18.2 Å². The van der Waals surface area contributed by atoms with Crippen LogP contribution in [-0.2, 0) is 34.1 Å². The average molecular weight is 454 g/mol. The second-order valence-corrected chi connectivity index (χ2v) is 10.5. The molecule has 9 heteroatoms. The number of carbonyl (C=O) groups is 2. The maximum atomic E-state index is 12.3. The standard InChI is InChI=1S/C22H31NO7S/c1-13-4-7-17-21(2,9-8-18-22(17,3)12-29-31(27)30-18)15(13)6-5-14-16(11-28-20(14)26)23-19(25)10-24/h5,15-18,24H,1,4,6-12H2,2-3H3,(H,23,25)/b14-5+/t15-,16+,17+,18-,21+,22+,31?/m1/s1. The number of nitrogens with one attached hydrogen (secondary N) is 1. The van der Waals surface area contributed by atoms with E-state index in [0.29, 0.717) is 24.5 Å². The molecule has 0 spiro atoms. The van der Waals surface area contributed by atoms with E-state index in [9.17, 15) is 13.8 Å². The Bertz CT molecular complexity index is 842. The van der Waals surface area contributed by atoms with E-state index in [1.165, 1.54) is 5.57 Å². The SMILES string of the molecule is C=C1CC[C@@H]2[C@]3(C)COS(=O)O[C@@H]3CC[C@@]2(C)[C@@H]1C/C=C1/C(=O)OC[C@@H]1NC(=O)CO. The van der Waals surface area contributed by atoms with Crippen LogP contribution in [-0.4, -0.2) is 53.2 Å². The Morgan fingerprint density at radius 3 is 2.87 bits per heavy atom. The predicted octanol–water partition coefficient (Wildman–Crippen LogP) is 1.72. The highest BCUT2D eigenvalue weighted by molar-refractivity contribution is 7.75. The van der Waals surface area contributed by atoms with E-state index >= 15 is 0 Å². The molecule has 0 aromatic carbocycles. The molecule has 1 unspecified atom stereocenters. The molecule has 2 saturated heterocycles. The molecule has 172 valence electrons. The van der Waals surface area contributed by atoms with Gasteiger partial charge in [-0.1, -0.05) is 32.1 Å². The van der Waals surface area contributed by atoms with Crippen molar-refractivity contribution in [2.24, 2.45) is 22.7 Å². The number of amides is 1. The third kappa shape index (κ3) is 3.90. The number of cyclic esters (lactones) is 1. The van der Waals surface area contributed by atoms with Crippen molar-refractivity contribution in [2.75, 3.05) is 19.8 Å². The molecule has 4 rings (SSSR count). The lowest BCUT2D eigenvalue weighted by Gasteiger charge is -2.61. The van der Waals surface area contributed by atoms with Crippen molar-refractivity contribution in [1.82, 2.24) is 5.32 Å². The highest BCUT2D eigenvalue weighted by Crippen LogP contribution is 2.63. The number of rotatable bonds is 4. The molecular formula is C22H31NO7S. The van der Waals surface area contributed by atoms with Crippen LogP contribution in [0, 0.1) is 22.7 Å². The van der Waals surface area contributed by atoms with Crippen molar-refractivity contribution in [3.05, 3.63) is 23.8 Å². The van der Waals surface area contributed by atoms with E-state index in [-0.39, 0.29) is 29.5 Å². The summed E-state index contributed by atoms with van der Waals surface area (Å²) in [7, 11) is 0. The van der Waals surface area contributed by atoms with Gasteiger partial charge in [0, 0.05) is 5.41 Å². The zero-order valence-corrected chi connectivity index (χ0v) is 18.9. The molecular weight excluding hydrogens is 422 g/mol. The summed E-state index contributed by atoms with van der Waals surface area (Å²) < 4.78 is 28.0. The van der Waals surface area contributed by atoms with Gasteiger partial charge in [0.1, 0.15) is 13.2 Å². The van der Waals surface area contributed by atoms with Gasteiger partial charge in [0.05, 0.1) is 24.3 Å². The van der Waals surface area contributed by atoms with Gasteiger partial charge in [0.25, 0.3) is 0 Å². The van der Waals surface area contributed by atoms with Gasteiger partial charge in [-0.15, -0.1) is 0 Å². The molecule has 2 saturated carbocycles. The summed E-state index contributed by atoms with van der Waals surface area (Å²) in [6, 6.07) is -0.545. The average Bonchev–Trinajstić information content (AvgIpc) is 3.07. The highest BCUT2D eigenvalue weighted by atomic mass is 32.2. The number of aliphatic hydroxyl groups excluding tert-OH is 1. The third-order valence-corrected chi connectivity index (χ3v) is 8.72. The molecule has 2 heterocycles. The van der Waals surface area contributed by atoms with Gasteiger partial charge in [-0.2, -0.15) is 4.21 Å². The van der Waals surface area contributed by atoms with Gasteiger partial charge in [-0.05, 0) is 49.4 Å². The van der Waals surface area contributed by atoms with E-state index in [1.807, 2.05) is 6.08 Å². The Morgan fingerprint density at radius 1 is 1.35 bits per heavy atom. The van der Waals surface area contributed by atoms with Gasteiger partial charge in [-0.25, -0.2) is 4.79 Å². The lowest BCUT2D eigenvalue weighted by atomic mass is 9.46. The Balaban J connectivity index is 1.57. The van der Waals surface area contributed by atoms with Crippen molar-refractivity contribution >= 4 is 23.2 Å². The number of aliphatic hydroxyl groups is 1. The first-order valence-corrected chi connectivity index (χ1v) is 11.9. The van der Waals surface area contributed by atoms with Crippen LogP contribution in [0.4, 0.5) is 0 Å². The number of hydrogen-bond donors (Lipinski definition) is 2. The summed E-state index contributed by atoms with van der Waals surface area (Å²) >= 11 is -1.68. The summed E-state index contributed by atoms with van der Waals surface area (Å²) in [5.74, 6) is -0.500. The predicted molar refractivity (Wildman–Crippen MR) is 112 cm³/mol. The van der Waals surface area contributed by atoms with E-state index in [2.05, 4.69) is 25.7 Å².